The van der Waals surface area contributed by atoms with Gasteiger partial charge >= 0.3 is 0 Å². The van der Waals surface area contributed by atoms with Gasteiger partial charge in [-0.2, -0.15) is 0 Å². The van der Waals surface area contributed by atoms with Crippen molar-refractivity contribution in [1.82, 2.24) is 9.55 Å². The standard InChI is InChI=1S/C11H15N3O/c1-15-9-3-4-11-10(7-9)13-8-14(11)6-2-5-12/h3-4,7-8H,2,5-6,12H2,1H3. The van der Waals surface area contributed by atoms with Gasteiger partial charge < -0.3 is 15.0 Å². The maximum absolute atomic E-state index is 5.48. The monoisotopic (exact) mass is 205 g/mol. The van der Waals surface area contributed by atoms with Crippen LogP contribution in [0.15, 0.2) is 24.5 Å². The Labute approximate surface area is 88.7 Å². The minimum absolute atomic E-state index is 0.704. The number of methoxy groups -OCH3 is 1. The van der Waals surface area contributed by atoms with E-state index in [-0.39, 0.29) is 0 Å². The number of aromatic nitrogens is 2. The zero-order valence-electron chi connectivity index (χ0n) is 8.81. The third-order valence-corrected chi connectivity index (χ3v) is 2.43. The van der Waals surface area contributed by atoms with Crippen LogP contribution in [-0.2, 0) is 6.54 Å². The Morgan fingerprint density at radius 1 is 1.47 bits per heavy atom. The van der Waals surface area contributed by atoms with E-state index in [1.54, 1.807) is 7.11 Å². The minimum atomic E-state index is 0.704. The summed E-state index contributed by atoms with van der Waals surface area (Å²) in [5, 5.41) is 0. The van der Waals surface area contributed by atoms with Crippen LogP contribution >= 0.6 is 0 Å². The molecule has 0 unspecified atom stereocenters. The average molecular weight is 205 g/mol. The van der Waals surface area contributed by atoms with Crippen LogP contribution in [0.3, 0.4) is 0 Å². The highest BCUT2D eigenvalue weighted by molar-refractivity contribution is 5.76. The summed E-state index contributed by atoms with van der Waals surface area (Å²) in [5.41, 5.74) is 7.57. The number of hydrogen-bond donors (Lipinski definition) is 1. The van der Waals surface area contributed by atoms with Crippen LogP contribution in [-0.4, -0.2) is 23.2 Å². The summed E-state index contributed by atoms with van der Waals surface area (Å²) in [6.45, 7) is 1.62. The molecular weight excluding hydrogens is 190 g/mol. The molecule has 0 bridgehead atoms. The Hall–Kier alpha value is -1.55. The van der Waals surface area contributed by atoms with Crippen LogP contribution < -0.4 is 10.5 Å². The van der Waals surface area contributed by atoms with E-state index in [0.29, 0.717) is 6.54 Å². The van der Waals surface area contributed by atoms with Gasteiger partial charge in [0.1, 0.15) is 5.75 Å². The maximum atomic E-state index is 5.48. The number of imidazole rings is 1. The highest BCUT2D eigenvalue weighted by Crippen LogP contribution is 2.19. The first-order chi connectivity index (χ1) is 7.35. The largest absolute Gasteiger partial charge is 0.497 e. The molecule has 2 rings (SSSR count). The van der Waals surface area contributed by atoms with Gasteiger partial charge in [0, 0.05) is 12.6 Å². The van der Waals surface area contributed by atoms with Crippen molar-refractivity contribution in [2.75, 3.05) is 13.7 Å². The molecule has 2 N–H and O–H groups in total. The molecule has 15 heavy (non-hydrogen) atoms. The predicted molar refractivity (Wildman–Crippen MR) is 60.0 cm³/mol. The van der Waals surface area contributed by atoms with Crippen molar-refractivity contribution < 1.29 is 4.74 Å². The zero-order chi connectivity index (χ0) is 10.7. The highest BCUT2D eigenvalue weighted by Gasteiger charge is 2.02. The SMILES string of the molecule is COc1ccc2c(c1)ncn2CCCN. The molecule has 1 heterocycles. The molecule has 0 aliphatic heterocycles. The van der Waals surface area contributed by atoms with Crippen molar-refractivity contribution in [2.45, 2.75) is 13.0 Å². The average Bonchev–Trinajstić information content (AvgIpc) is 2.68. The molecule has 0 spiro atoms. The van der Waals surface area contributed by atoms with Crippen molar-refractivity contribution in [3.8, 4) is 5.75 Å². The molecule has 80 valence electrons. The second-order valence-corrected chi connectivity index (χ2v) is 3.43. The first-order valence-corrected chi connectivity index (χ1v) is 5.04. The van der Waals surface area contributed by atoms with Gasteiger partial charge in [0.05, 0.1) is 24.5 Å². The van der Waals surface area contributed by atoms with E-state index in [9.17, 15) is 0 Å². The Morgan fingerprint density at radius 3 is 3.07 bits per heavy atom. The lowest BCUT2D eigenvalue weighted by Crippen LogP contribution is -2.04. The fourth-order valence-electron chi connectivity index (χ4n) is 1.61. The highest BCUT2D eigenvalue weighted by atomic mass is 16.5. The van der Waals surface area contributed by atoms with E-state index in [0.717, 1.165) is 29.7 Å². The summed E-state index contributed by atoms with van der Waals surface area (Å²) in [6.07, 6.45) is 2.82. The van der Waals surface area contributed by atoms with Gasteiger partial charge in [-0.05, 0) is 25.1 Å². The molecule has 1 aromatic heterocycles. The third kappa shape index (κ3) is 1.94. The first kappa shape index (κ1) is 9.98. The fraction of sp³-hybridized carbons (Fsp3) is 0.364. The number of hydrogen-bond acceptors (Lipinski definition) is 3. The summed E-state index contributed by atoms with van der Waals surface area (Å²) < 4.78 is 7.26. The van der Waals surface area contributed by atoms with Crippen LogP contribution in [0.5, 0.6) is 5.75 Å². The lowest BCUT2D eigenvalue weighted by Gasteiger charge is -2.03. The van der Waals surface area contributed by atoms with Crippen molar-refractivity contribution in [3.05, 3.63) is 24.5 Å². The van der Waals surface area contributed by atoms with Crippen molar-refractivity contribution in [1.29, 1.82) is 0 Å². The maximum Gasteiger partial charge on any atom is 0.121 e. The molecule has 0 saturated heterocycles. The molecule has 0 aliphatic rings. The summed E-state index contributed by atoms with van der Waals surface area (Å²) in [7, 11) is 1.66. The number of benzene rings is 1. The molecule has 2 aromatic rings. The zero-order valence-corrected chi connectivity index (χ0v) is 8.81. The molecule has 4 nitrogen and oxygen atoms in total. The van der Waals surface area contributed by atoms with Crippen LogP contribution in [0.4, 0.5) is 0 Å². The van der Waals surface area contributed by atoms with Crippen LogP contribution in [0, 0.1) is 0 Å². The van der Waals surface area contributed by atoms with Crippen molar-refractivity contribution in [3.63, 3.8) is 0 Å². The van der Waals surface area contributed by atoms with E-state index in [4.69, 9.17) is 10.5 Å². The smallest absolute Gasteiger partial charge is 0.121 e. The molecule has 0 fully saturated rings. The molecule has 0 atom stereocenters. The van der Waals surface area contributed by atoms with Crippen LogP contribution in [0.1, 0.15) is 6.42 Å². The molecule has 0 aliphatic carbocycles. The molecule has 0 amide bonds. The van der Waals surface area contributed by atoms with Crippen molar-refractivity contribution in [2.24, 2.45) is 5.73 Å². The minimum Gasteiger partial charge on any atom is -0.497 e. The number of rotatable bonds is 4. The van der Waals surface area contributed by atoms with Gasteiger partial charge in [-0.3, -0.25) is 0 Å². The molecule has 0 saturated carbocycles. The molecular formula is C11H15N3O. The summed E-state index contributed by atoms with van der Waals surface area (Å²) >= 11 is 0. The molecule has 4 heteroatoms. The van der Waals surface area contributed by atoms with E-state index in [1.165, 1.54) is 0 Å². The van der Waals surface area contributed by atoms with Gasteiger partial charge in [0.15, 0.2) is 0 Å². The Kier molecular flexibility index (Phi) is 2.87. The summed E-state index contributed by atoms with van der Waals surface area (Å²) in [5.74, 6) is 0.839. The number of aryl methyl sites for hydroxylation is 1. The quantitative estimate of drug-likeness (QED) is 0.820. The topological polar surface area (TPSA) is 53.1 Å². The lowest BCUT2D eigenvalue weighted by molar-refractivity contribution is 0.415. The van der Waals surface area contributed by atoms with Gasteiger partial charge in [0.2, 0.25) is 0 Å². The summed E-state index contributed by atoms with van der Waals surface area (Å²) in [6, 6.07) is 5.91. The predicted octanol–water partition coefficient (Wildman–Crippen LogP) is 1.39. The fourth-order valence-corrected chi connectivity index (χ4v) is 1.61. The van der Waals surface area contributed by atoms with Gasteiger partial charge in [-0.1, -0.05) is 0 Å². The Bertz CT molecular complexity index is 450. The van der Waals surface area contributed by atoms with Crippen molar-refractivity contribution >= 4 is 11.0 Å². The molecule has 0 radical (unpaired) electrons. The normalized spacial score (nSPS) is 10.8. The second-order valence-electron chi connectivity index (χ2n) is 3.43. The van der Waals surface area contributed by atoms with Gasteiger partial charge in [-0.15, -0.1) is 0 Å². The Morgan fingerprint density at radius 2 is 2.33 bits per heavy atom. The van der Waals surface area contributed by atoms with E-state index in [1.807, 2.05) is 24.5 Å². The Balaban J connectivity index is 2.34. The van der Waals surface area contributed by atoms with Gasteiger partial charge in [0.25, 0.3) is 0 Å². The first-order valence-electron chi connectivity index (χ1n) is 5.04. The van der Waals surface area contributed by atoms with E-state index >= 15 is 0 Å². The van der Waals surface area contributed by atoms with E-state index < -0.39 is 0 Å². The number of ether oxygens (including phenoxy) is 1. The van der Waals surface area contributed by atoms with Crippen LogP contribution in [0.2, 0.25) is 0 Å². The molecule has 1 aromatic carbocycles. The second kappa shape index (κ2) is 4.31. The summed E-state index contributed by atoms with van der Waals surface area (Å²) in [4.78, 5) is 4.32. The van der Waals surface area contributed by atoms with Crippen LogP contribution in [0.25, 0.3) is 11.0 Å². The number of nitrogens with zero attached hydrogens (tertiary/aromatic N) is 2. The van der Waals surface area contributed by atoms with E-state index in [2.05, 4.69) is 9.55 Å². The van der Waals surface area contributed by atoms with Gasteiger partial charge in [-0.25, -0.2) is 4.98 Å². The lowest BCUT2D eigenvalue weighted by atomic mass is 10.3. The number of fused-ring (bicyclic) bond motifs is 1. The third-order valence-electron chi connectivity index (χ3n) is 2.43. The number of nitrogens with two attached hydrogens (primary N) is 1.